The summed E-state index contributed by atoms with van der Waals surface area (Å²) in [5, 5.41) is 0.719. The average Bonchev–Trinajstić information content (AvgIpc) is 2.75. The third-order valence-electron chi connectivity index (χ3n) is 3.20. The maximum absolute atomic E-state index is 13.2. The standard InChI is InChI=1S/C15H11FN2O2/c1-8-11-4-3-10(16)7-12(11)20-15(8)14(19)13-9(2)17-5-6-18-13/h3-7H,1-2H3. The Bertz CT molecular complexity index is 824. The molecule has 0 saturated carbocycles. The number of furan rings is 1. The van der Waals surface area contributed by atoms with Crippen LogP contribution in [0.2, 0.25) is 0 Å². The van der Waals surface area contributed by atoms with Gasteiger partial charge in [-0.2, -0.15) is 0 Å². The first kappa shape index (κ1) is 12.5. The van der Waals surface area contributed by atoms with Crippen LogP contribution in [0.1, 0.15) is 27.5 Å². The predicted octanol–water partition coefficient (Wildman–Crippen LogP) is 3.21. The lowest BCUT2D eigenvalue weighted by molar-refractivity contribution is 0.100. The molecular formula is C15H11FN2O2. The van der Waals surface area contributed by atoms with Crippen molar-refractivity contribution in [3.05, 3.63) is 59.1 Å². The van der Waals surface area contributed by atoms with Crippen molar-refractivity contribution < 1.29 is 13.6 Å². The zero-order valence-electron chi connectivity index (χ0n) is 11.0. The topological polar surface area (TPSA) is 56.0 Å². The van der Waals surface area contributed by atoms with E-state index < -0.39 is 5.82 Å². The largest absolute Gasteiger partial charge is 0.452 e. The number of hydrogen-bond acceptors (Lipinski definition) is 4. The van der Waals surface area contributed by atoms with Crippen molar-refractivity contribution >= 4 is 16.8 Å². The maximum atomic E-state index is 13.2. The van der Waals surface area contributed by atoms with Crippen LogP contribution in [0.4, 0.5) is 4.39 Å². The molecule has 4 nitrogen and oxygen atoms in total. The number of aryl methyl sites for hydroxylation is 2. The summed E-state index contributed by atoms with van der Waals surface area (Å²) in [7, 11) is 0. The lowest BCUT2D eigenvalue weighted by atomic mass is 10.1. The SMILES string of the molecule is Cc1nccnc1C(=O)c1oc2cc(F)ccc2c1C. The minimum atomic E-state index is -0.402. The minimum absolute atomic E-state index is 0.175. The van der Waals surface area contributed by atoms with Gasteiger partial charge < -0.3 is 4.42 Å². The Labute approximate surface area is 114 Å². The molecule has 2 heterocycles. The maximum Gasteiger partial charge on any atom is 0.248 e. The van der Waals surface area contributed by atoms with Crippen molar-refractivity contribution in [3.63, 3.8) is 0 Å². The highest BCUT2D eigenvalue weighted by molar-refractivity contribution is 6.09. The second-order valence-corrected chi connectivity index (χ2v) is 4.52. The fourth-order valence-electron chi connectivity index (χ4n) is 2.15. The van der Waals surface area contributed by atoms with Crippen LogP contribution in [0.5, 0.6) is 0 Å². The minimum Gasteiger partial charge on any atom is -0.452 e. The van der Waals surface area contributed by atoms with Crippen molar-refractivity contribution in [1.82, 2.24) is 9.97 Å². The van der Waals surface area contributed by atoms with Gasteiger partial charge in [0.2, 0.25) is 5.78 Å². The van der Waals surface area contributed by atoms with Crippen LogP contribution >= 0.6 is 0 Å². The molecule has 0 bridgehead atoms. The summed E-state index contributed by atoms with van der Waals surface area (Å²) in [6, 6.07) is 4.21. The number of ketones is 1. The Balaban J connectivity index is 2.18. The van der Waals surface area contributed by atoms with E-state index in [1.165, 1.54) is 24.5 Å². The molecular weight excluding hydrogens is 259 g/mol. The fraction of sp³-hybridized carbons (Fsp3) is 0.133. The third kappa shape index (κ3) is 1.87. The molecule has 3 rings (SSSR count). The van der Waals surface area contributed by atoms with E-state index in [0.717, 1.165) is 5.39 Å². The quantitative estimate of drug-likeness (QED) is 0.671. The Morgan fingerprint density at radius 1 is 1.20 bits per heavy atom. The summed E-state index contributed by atoms with van der Waals surface area (Å²) in [6.45, 7) is 3.47. The van der Waals surface area contributed by atoms with Gasteiger partial charge in [0, 0.05) is 29.4 Å². The molecule has 0 saturated heterocycles. The first-order valence-electron chi connectivity index (χ1n) is 6.09. The summed E-state index contributed by atoms with van der Waals surface area (Å²) in [6.07, 6.45) is 2.98. The van der Waals surface area contributed by atoms with Crippen molar-refractivity contribution in [2.24, 2.45) is 0 Å². The molecule has 100 valence electrons. The number of hydrogen-bond donors (Lipinski definition) is 0. The van der Waals surface area contributed by atoms with Gasteiger partial charge in [0.05, 0.1) is 5.69 Å². The number of halogens is 1. The van der Waals surface area contributed by atoms with Crippen LogP contribution in [0.3, 0.4) is 0 Å². The van der Waals surface area contributed by atoms with E-state index in [9.17, 15) is 9.18 Å². The molecule has 3 aromatic rings. The van der Waals surface area contributed by atoms with Crippen LogP contribution in [0.15, 0.2) is 35.0 Å². The van der Waals surface area contributed by atoms with Gasteiger partial charge in [-0.3, -0.25) is 9.78 Å². The molecule has 5 heteroatoms. The molecule has 0 amide bonds. The van der Waals surface area contributed by atoms with Crippen LogP contribution in [0, 0.1) is 19.7 Å². The zero-order valence-corrected chi connectivity index (χ0v) is 11.0. The fourth-order valence-corrected chi connectivity index (χ4v) is 2.15. The summed E-state index contributed by atoms with van der Waals surface area (Å²) in [5.74, 6) is -0.570. The zero-order chi connectivity index (χ0) is 14.3. The average molecular weight is 270 g/mol. The number of aromatic nitrogens is 2. The molecule has 2 aromatic heterocycles. The molecule has 0 aliphatic heterocycles. The van der Waals surface area contributed by atoms with E-state index in [1.807, 2.05) is 0 Å². The van der Waals surface area contributed by atoms with Gasteiger partial charge >= 0.3 is 0 Å². The van der Waals surface area contributed by atoms with E-state index in [0.29, 0.717) is 16.8 Å². The lowest BCUT2D eigenvalue weighted by Gasteiger charge is -2.00. The predicted molar refractivity (Wildman–Crippen MR) is 71.1 cm³/mol. The first-order chi connectivity index (χ1) is 9.58. The van der Waals surface area contributed by atoms with E-state index in [2.05, 4.69) is 9.97 Å². The van der Waals surface area contributed by atoms with Gasteiger partial charge in [0.25, 0.3) is 0 Å². The van der Waals surface area contributed by atoms with Gasteiger partial charge in [-0.1, -0.05) is 0 Å². The van der Waals surface area contributed by atoms with Crippen LogP contribution in [-0.2, 0) is 0 Å². The molecule has 0 aliphatic rings. The van der Waals surface area contributed by atoms with Gasteiger partial charge in [-0.25, -0.2) is 9.37 Å². The number of benzene rings is 1. The van der Waals surface area contributed by atoms with Crippen molar-refractivity contribution in [2.75, 3.05) is 0 Å². The van der Waals surface area contributed by atoms with Crippen LogP contribution < -0.4 is 0 Å². The van der Waals surface area contributed by atoms with Crippen LogP contribution in [-0.4, -0.2) is 15.8 Å². The van der Waals surface area contributed by atoms with Gasteiger partial charge in [0.15, 0.2) is 5.76 Å². The molecule has 0 atom stereocenters. The van der Waals surface area contributed by atoms with Crippen molar-refractivity contribution in [2.45, 2.75) is 13.8 Å². The molecule has 0 spiro atoms. The number of carbonyl (C=O) groups is 1. The molecule has 0 fully saturated rings. The van der Waals surface area contributed by atoms with Gasteiger partial charge in [-0.15, -0.1) is 0 Å². The lowest BCUT2D eigenvalue weighted by Crippen LogP contribution is -2.07. The summed E-state index contributed by atoms with van der Waals surface area (Å²) in [4.78, 5) is 20.5. The summed E-state index contributed by atoms with van der Waals surface area (Å²) >= 11 is 0. The Morgan fingerprint density at radius 2 is 1.95 bits per heavy atom. The van der Waals surface area contributed by atoms with E-state index in [-0.39, 0.29) is 17.2 Å². The Morgan fingerprint density at radius 3 is 2.70 bits per heavy atom. The molecule has 0 N–H and O–H groups in total. The number of nitrogens with zero attached hydrogens (tertiary/aromatic N) is 2. The Kier molecular flexibility index (Phi) is 2.82. The van der Waals surface area contributed by atoms with Crippen molar-refractivity contribution in [1.29, 1.82) is 0 Å². The summed E-state index contributed by atoms with van der Waals surface area (Å²) in [5.41, 5.74) is 1.81. The Hall–Kier alpha value is -2.56. The highest BCUT2D eigenvalue weighted by Gasteiger charge is 2.22. The highest BCUT2D eigenvalue weighted by Crippen LogP contribution is 2.27. The smallest absolute Gasteiger partial charge is 0.248 e. The third-order valence-corrected chi connectivity index (χ3v) is 3.20. The molecule has 0 aliphatic carbocycles. The second kappa shape index (κ2) is 4.52. The molecule has 20 heavy (non-hydrogen) atoms. The first-order valence-corrected chi connectivity index (χ1v) is 6.09. The number of rotatable bonds is 2. The molecule has 0 unspecified atom stereocenters. The van der Waals surface area contributed by atoms with E-state index in [4.69, 9.17) is 4.42 Å². The molecule has 1 aromatic carbocycles. The van der Waals surface area contributed by atoms with Crippen LogP contribution in [0.25, 0.3) is 11.0 Å². The summed E-state index contributed by atoms with van der Waals surface area (Å²) < 4.78 is 18.7. The monoisotopic (exact) mass is 270 g/mol. The highest BCUT2D eigenvalue weighted by atomic mass is 19.1. The normalized spacial score (nSPS) is 10.9. The number of carbonyl (C=O) groups excluding carboxylic acids is 1. The van der Waals surface area contributed by atoms with Gasteiger partial charge in [-0.05, 0) is 26.0 Å². The second-order valence-electron chi connectivity index (χ2n) is 4.52. The van der Waals surface area contributed by atoms with E-state index >= 15 is 0 Å². The van der Waals surface area contributed by atoms with E-state index in [1.54, 1.807) is 19.9 Å². The number of fused-ring (bicyclic) bond motifs is 1. The molecule has 0 radical (unpaired) electrons. The van der Waals surface area contributed by atoms with Crippen molar-refractivity contribution in [3.8, 4) is 0 Å². The van der Waals surface area contributed by atoms with Gasteiger partial charge in [0.1, 0.15) is 17.1 Å².